The van der Waals surface area contributed by atoms with Crippen LogP contribution in [0.15, 0.2) is 42.5 Å². The van der Waals surface area contributed by atoms with Gasteiger partial charge in [-0.05, 0) is 56.0 Å². The van der Waals surface area contributed by atoms with Crippen molar-refractivity contribution < 1.29 is 29.5 Å². The van der Waals surface area contributed by atoms with E-state index in [4.69, 9.17) is 19.2 Å². The van der Waals surface area contributed by atoms with Crippen molar-refractivity contribution in [1.29, 1.82) is 0 Å². The van der Waals surface area contributed by atoms with Crippen LogP contribution in [0.3, 0.4) is 0 Å². The van der Waals surface area contributed by atoms with Crippen LogP contribution in [0.5, 0.6) is 5.75 Å². The second kappa shape index (κ2) is 10.7. The maximum Gasteiger partial charge on any atom is 0.160 e. The van der Waals surface area contributed by atoms with E-state index in [1.165, 1.54) is 21.9 Å². The summed E-state index contributed by atoms with van der Waals surface area (Å²) in [7, 11) is 2.06. The van der Waals surface area contributed by atoms with E-state index in [0.717, 1.165) is 41.6 Å². The van der Waals surface area contributed by atoms with Crippen LogP contribution in [0.25, 0.3) is 32.8 Å². The van der Waals surface area contributed by atoms with E-state index < -0.39 is 24.6 Å². The number of benzene rings is 2. The molecule has 3 N–H and O–H groups in total. The second-order valence-corrected chi connectivity index (χ2v) is 9.55. The molecule has 192 valence electrons. The number of fused-ring (bicyclic) bond motifs is 4. The first kappa shape index (κ1) is 24.9. The molecule has 1 saturated heterocycles. The standard InChI is InChI=1S/C28H34N2O6/c1-17-20-14-18(10-11-21(20)29-28-26(17)19-8-4-5-9-22(19)30(28)2)34-12-6-3-7-13-35-25-15-23(32)27(33)24(16-31)36-25/h4-5,8-11,14,23-25,27,31-33H,3,6-7,12-13,15-16H2,1-2H3/t23-,24-,25+,27+/m1/s1. The molecule has 8 heteroatoms. The second-order valence-electron chi connectivity index (χ2n) is 9.55. The molecule has 36 heavy (non-hydrogen) atoms. The van der Waals surface area contributed by atoms with E-state index in [1.807, 2.05) is 12.1 Å². The quantitative estimate of drug-likeness (QED) is 0.305. The van der Waals surface area contributed by atoms with Crippen LogP contribution in [0, 0.1) is 6.92 Å². The zero-order valence-electron chi connectivity index (χ0n) is 20.8. The molecule has 2 aromatic carbocycles. The molecule has 3 heterocycles. The average molecular weight is 495 g/mol. The van der Waals surface area contributed by atoms with Crippen LogP contribution >= 0.6 is 0 Å². The number of unbranched alkanes of at least 4 members (excludes halogenated alkanes) is 2. The molecule has 0 aliphatic carbocycles. The Bertz CT molecular complexity index is 1350. The Labute approximate surface area is 210 Å². The van der Waals surface area contributed by atoms with Crippen molar-refractivity contribution in [3.05, 3.63) is 48.0 Å². The summed E-state index contributed by atoms with van der Waals surface area (Å²) >= 11 is 0. The zero-order valence-corrected chi connectivity index (χ0v) is 20.8. The van der Waals surface area contributed by atoms with Gasteiger partial charge in [-0.3, -0.25) is 0 Å². The molecule has 4 atom stereocenters. The molecule has 0 saturated carbocycles. The maximum absolute atomic E-state index is 9.87. The fraction of sp³-hybridized carbons (Fsp3) is 0.464. The normalized spacial score (nSPS) is 22.6. The summed E-state index contributed by atoms with van der Waals surface area (Å²) in [6.07, 6.45) is -0.636. The Morgan fingerprint density at radius 1 is 1.06 bits per heavy atom. The molecule has 8 nitrogen and oxygen atoms in total. The first-order chi connectivity index (χ1) is 17.5. The number of aryl methyl sites for hydroxylation is 2. The number of rotatable bonds is 9. The summed E-state index contributed by atoms with van der Waals surface area (Å²) in [4.78, 5) is 4.94. The molecule has 4 aromatic rings. The number of aliphatic hydroxyl groups excluding tert-OH is 3. The van der Waals surface area contributed by atoms with Crippen molar-refractivity contribution in [1.82, 2.24) is 9.55 Å². The van der Waals surface area contributed by atoms with Crippen LogP contribution < -0.4 is 4.74 Å². The first-order valence-electron chi connectivity index (χ1n) is 12.6. The van der Waals surface area contributed by atoms with Crippen LogP contribution in [0.1, 0.15) is 31.2 Å². The van der Waals surface area contributed by atoms with Crippen molar-refractivity contribution in [2.45, 2.75) is 57.2 Å². The monoisotopic (exact) mass is 494 g/mol. The van der Waals surface area contributed by atoms with Gasteiger partial charge < -0.3 is 34.1 Å². The van der Waals surface area contributed by atoms with Gasteiger partial charge in [0.05, 0.1) is 30.4 Å². The lowest BCUT2D eigenvalue weighted by molar-refractivity contribution is -0.256. The molecule has 1 aliphatic heterocycles. The number of hydrogen-bond donors (Lipinski definition) is 3. The predicted octanol–water partition coefficient (Wildman–Crippen LogP) is 3.58. The van der Waals surface area contributed by atoms with Crippen molar-refractivity contribution in [2.24, 2.45) is 7.05 Å². The lowest BCUT2D eigenvalue weighted by atomic mass is 10.0. The van der Waals surface area contributed by atoms with Crippen LogP contribution in [-0.2, 0) is 16.5 Å². The Hall–Kier alpha value is -2.75. The van der Waals surface area contributed by atoms with Crippen molar-refractivity contribution in [3.63, 3.8) is 0 Å². The molecule has 2 aromatic heterocycles. The molecule has 0 amide bonds. The van der Waals surface area contributed by atoms with Gasteiger partial charge in [-0.2, -0.15) is 0 Å². The third-order valence-electron chi connectivity index (χ3n) is 7.13. The number of aromatic nitrogens is 2. The fourth-order valence-corrected chi connectivity index (χ4v) is 5.09. The topological polar surface area (TPSA) is 106 Å². The van der Waals surface area contributed by atoms with E-state index in [2.05, 4.69) is 48.9 Å². The van der Waals surface area contributed by atoms with Gasteiger partial charge in [0.2, 0.25) is 0 Å². The lowest BCUT2D eigenvalue weighted by Crippen LogP contribution is -2.50. The SMILES string of the molecule is Cc1c2cc(OCCCCCO[C@@H]3C[C@@H](O)[C@H](O)[C@@H](CO)O3)ccc2nc2c1c1ccccc1n2C. The van der Waals surface area contributed by atoms with E-state index in [-0.39, 0.29) is 13.0 Å². The molecule has 1 aliphatic rings. The molecular formula is C28H34N2O6. The van der Waals surface area contributed by atoms with Gasteiger partial charge in [0, 0.05) is 36.2 Å². The molecule has 0 unspecified atom stereocenters. The first-order valence-corrected chi connectivity index (χ1v) is 12.6. The Balaban J connectivity index is 1.14. The molecule has 0 radical (unpaired) electrons. The summed E-state index contributed by atoms with van der Waals surface area (Å²) < 4.78 is 19.4. The van der Waals surface area contributed by atoms with Crippen LogP contribution in [0.4, 0.5) is 0 Å². The van der Waals surface area contributed by atoms with Crippen molar-refractivity contribution in [3.8, 4) is 5.75 Å². The molecule has 0 bridgehead atoms. The smallest absolute Gasteiger partial charge is 0.160 e. The van der Waals surface area contributed by atoms with Gasteiger partial charge in [-0.25, -0.2) is 4.98 Å². The minimum atomic E-state index is -1.08. The van der Waals surface area contributed by atoms with E-state index >= 15 is 0 Å². The third-order valence-corrected chi connectivity index (χ3v) is 7.13. The number of aliphatic hydroxyl groups is 3. The number of ether oxygens (including phenoxy) is 3. The maximum atomic E-state index is 9.87. The number of nitrogens with zero attached hydrogens (tertiary/aromatic N) is 2. The van der Waals surface area contributed by atoms with Crippen molar-refractivity contribution >= 4 is 32.8 Å². The van der Waals surface area contributed by atoms with Gasteiger partial charge in [-0.15, -0.1) is 0 Å². The summed E-state index contributed by atoms with van der Waals surface area (Å²) in [6, 6.07) is 14.5. The molecular weight excluding hydrogens is 460 g/mol. The van der Waals surface area contributed by atoms with E-state index in [9.17, 15) is 15.3 Å². The number of para-hydroxylation sites is 1. The summed E-state index contributed by atoms with van der Waals surface area (Å²) in [5.41, 5.74) is 4.34. The minimum absolute atomic E-state index is 0.197. The highest BCUT2D eigenvalue weighted by atomic mass is 16.7. The summed E-state index contributed by atoms with van der Waals surface area (Å²) in [5, 5.41) is 32.4. The Morgan fingerprint density at radius 3 is 2.69 bits per heavy atom. The average Bonchev–Trinajstić information content (AvgIpc) is 3.17. The van der Waals surface area contributed by atoms with Gasteiger partial charge >= 0.3 is 0 Å². The highest BCUT2D eigenvalue weighted by Crippen LogP contribution is 2.34. The van der Waals surface area contributed by atoms with Gasteiger partial charge in [0.1, 0.15) is 23.6 Å². The molecule has 5 rings (SSSR count). The van der Waals surface area contributed by atoms with Gasteiger partial charge in [0.15, 0.2) is 6.29 Å². The van der Waals surface area contributed by atoms with E-state index in [1.54, 1.807) is 0 Å². The fourth-order valence-electron chi connectivity index (χ4n) is 5.09. The van der Waals surface area contributed by atoms with E-state index in [0.29, 0.717) is 13.2 Å². The number of pyridine rings is 1. The van der Waals surface area contributed by atoms with Crippen LogP contribution in [-0.4, -0.2) is 69.3 Å². The third kappa shape index (κ3) is 4.79. The Morgan fingerprint density at radius 2 is 1.86 bits per heavy atom. The van der Waals surface area contributed by atoms with Crippen LogP contribution in [0.2, 0.25) is 0 Å². The van der Waals surface area contributed by atoms with Crippen molar-refractivity contribution in [2.75, 3.05) is 19.8 Å². The molecule has 0 spiro atoms. The number of hydrogen-bond acceptors (Lipinski definition) is 7. The Kier molecular flexibility index (Phi) is 7.41. The van der Waals surface area contributed by atoms with Gasteiger partial charge in [0.25, 0.3) is 0 Å². The summed E-state index contributed by atoms with van der Waals surface area (Å²) in [6.45, 7) is 2.88. The largest absolute Gasteiger partial charge is 0.494 e. The highest BCUT2D eigenvalue weighted by Gasteiger charge is 2.36. The van der Waals surface area contributed by atoms with Gasteiger partial charge in [-0.1, -0.05) is 18.2 Å². The molecule has 1 fully saturated rings. The zero-order chi connectivity index (χ0) is 25.2. The lowest BCUT2D eigenvalue weighted by Gasteiger charge is -2.36. The highest BCUT2D eigenvalue weighted by molar-refractivity contribution is 6.12. The summed E-state index contributed by atoms with van der Waals surface area (Å²) in [5.74, 6) is 0.835. The minimum Gasteiger partial charge on any atom is -0.494 e. The predicted molar refractivity (Wildman–Crippen MR) is 138 cm³/mol.